The Bertz CT molecular complexity index is 555. The second-order valence-electron chi connectivity index (χ2n) is 3.91. The molecule has 0 aromatic heterocycles. The predicted octanol–water partition coefficient (Wildman–Crippen LogP) is 0.562. The van der Waals surface area contributed by atoms with Crippen molar-refractivity contribution in [1.82, 2.24) is 4.72 Å². The molecule has 0 unspecified atom stereocenters. The summed E-state index contributed by atoms with van der Waals surface area (Å²) < 4.78 is 26.1. The molecule has 18 heavy (non-hydrogen) atoms. The summed E-state index contributed by atoms with van der Waals surface area (Å²) >= 11 is 0. The highest BCUT2D eigenvalue weighted by atomic mass is 32.2. The quantitative estimate of drug-likeness (QED) is 0.602. The summed E-state index contributed by atoms with van der Waals surface area (Å²) in [6.45, 7) is 2.66. The SMILES string of the molecule is Cc1cc([N+](=O)[O-])ccc1S(=O)(=O)N[C@H](C)CO. The Morgan fingerprint density at radius 1 is 1.50 bits per heavy atom. The molecule has 0 radical (unpaired) electrons. The number of non-ortho nitro benzene ring substituents is 1. The first-order valence-corrected chi connectivity index (χ1v) is 6.64. The van der Waals surface area contributed by atoms with E-state index in [4.69, 9.17) is 5.11 Å². The van der Waals surface area contributed by atoms with Crippen LogP contribution in [0.4, 0.5) is 5.69 Å². The lowest BCUT2D eigenvalue weighted by Gasteiger charge is -2.12. The van der Waals surface area contributed by atoms with Gasteiger partial charge in [0.1, 0.15) is 0 Å². The summed E-state index contributed by atoms with van der Waals surface area (Å²) in [6.07, 6.45) is 0. The molecular formula is C10H14N2O5S. The van der Waals surface area contributed by atoms with Gasteiger partial charge in [0.15, 0.2) is 0 Å². The number of nitro benzene ring substituents is 1. The molecule has 8 heteroatoms. The van der Waals surface area contributed by atoms with Crippen molar-refractivity contribution in [2.24, 2.45) is 0 Å². The molecule has 100 valence electrons. The summed E-state index contributed by atoms with van der Waals surface area (Å²) in [5, 5.41) is 19.4. The van der Waals surface area contributed by atoms with Gasteiger partial charge in [0.05, 0.1) is 16.4 Å². The largest absolute Gasteiger partial charge is 0.395 e. The molecule has 0 aliphatic heterocycles. The van der Waals surface area contributed by atoms with Crippen molar-refractivity contribution in [3.8, 4) is 0 Å². The Labute approximate surface area is 105 Å². The molecule has 7 nitrogen and oxygen atoms in total. The molecule has 0 aliphatic carbocycles. The molecule has 1 atom stereocenters. The van der Waals surface area contributed by atoms with Crippen molar-refractivity contribution in [2.75, 3.05) is 6.61 Å². The fourth-order valence-corrected chi connectivity index (χ4v) is 2.88. The minimum atomic E-state index is -3.78. The Kier molecular flexibility index (Phi) is 4.38. The molecule has 0 bridgehead atoms. The number of aliphatic hydroxyl groups is 1. The summed E-state index contributed by atoms with van der Waals surface area (Å²) in [6, 6.07) is 2.88. The number of sulfonamides is 1. The maximum atomic E-state index is 11.9. The van der Waals surface area contributed by atoms with Crippen LogP contribution in [0.2, 0.25) is 0 Å². The van der Waals surface area contributed by atoms with Gasteiger partial charge in [-0.1, -0.05) is 0 Å². The molecule has 0 amide bonds. The van der Waals surface area contributed by atoms with E-state index in [0.717, 1.165) is 6.07 Å². The highest BCUT2D eigenvalue weighted by molar-refractivity contribution is 7.89. The van der Waals surface area contributed by atoms with Crippen LogP contribution in [0.1, 0.15) is 12.5 Å². The first-order chi connectivity index (χ1) is 8.27. The van der Waals surface area contributed by atoms with E-state index in [0.29, 0.717) is 0 Å². The molecule has 0 saturated carbocycles. The Morgan fingerprint density at radius 2 is 2.11 bits per heavy atom. The van der Waals surface area contributed by atoms with Crippen LogP contribution >= 0.6 is 0 Å². The average molecular weight is 274 g/mol. The van der Waals surface area contributed by atoms with E-state index in [9.17, 15) is 18.5 Å². The molecule has 1 rings (SSSR count). The van der Waals surface area contributed by atoms with Crippen LogP contribution in [0, 0.1) is 17.0 Å². The average Bonchev–Trinajstić information content (AvgIpc) is 2.27. The van der Waals surface area contributed by atoms with Gasteiger partial charge in [0, 0.05) is 18.2 Å². The van der Waals surface area contributed by atoms with E-state index in [1.165, 1.54) is 26.0 Å². The lowest BCUT2D eigenvalue weighted by Crippen LogP contribution is -2.35. The topological polar surface area (TPSA) is 110 Å². The van der Waals surface area contributed by atoms with Gasteiger partial charge in [0.2, 0.25) is 10.0 Å². The third-order valence-electron chi connectivity index (χ3n) is 2.29. The summed E-state index contributed by atoms with van der Waals surface area (Å²) in [5.41, 5.74) is 0.114. The number of nitrogens with one attached hydrogen (secondary N) is 1. The van der Waals surface area contributed by atoms with Gasteiger partial charge >= 0.3 is 0 Å². The second kappa shape index (κ2) is 5.42. The summed E-state index contributed by atoms with van der Waals surface area (Å²) in [7, 11) is -3.78. The van der Waals surface area contributed by atoms with Crippen LogP contribution in [-0.4, -0.2) is 31.1 Å². The summed E-state index contributed by atoms with van der Waals surface area (Å²) in [4.78, 5) is 9.92. The molecular weight excluding hydrogens is 260 g/mol. The minimum Gasteiger partial charge on any atom is -0.395 e. The fourth-order valence-electron chi connectivity index (χ4n) is 1.41. The van der Waals surface area contributed by atoms with Crippen molar-refractivity contribution in [3.05, 3.63) is 33.9 Å². The van der Waals surface area contributed by atoms with Crippen LogP contribution in [0.25, 0.3) is 0 Å². The lowest BCUT2D eigenvalue weighted by atomic mass is 10.2. The third kappa shape index (κ3) is 3.25. The van der Waals surface area contributed by atoms with Crippen molar-refractivity contribution >= 4 is 15.7 Å². The highest BCUT2D eigenvalue weighted by Gasteiger charge is 2.20. The molecule has 0 spiro atoms. The Morgan fingerprint density at radius 3 is 2.56 bits per heavy atom. The van der Waals surface area contributed by atoms with E-state index in [1.807, 2.05) is 0 Å². The minimum absolute atomic E-state index is 0.0339. The third-order valence-corrected chi connectivity index (χ3v) is 4.04. The molecule has 1 aromatic carbocycles. The zero-order valence-electron chi connectivity index (χ0n) is 9.95. The number of rotatable bonds is 5. The smallest absolute Gasteiger partial charge is 0.269 e. The Hall–Kier alpha value is -1.51. The van der Waals surface area contributed by atoms with Crippen LogP contribution < -0.4 is 4.72 Å². The van der Waals surface area contributed by atoms with Crippen LogP contribution in [0.5, 0.6) is 0 Å². The maximum Gasteiger partial charge on any atom is 0.269 e. The number of aliphatic hydroxyl groups excluding tert-OH is 1. The van der Waals surface area contributed by atoms with Gasteiger partial charge in [-0.3, -0.25) is 10.1 Å². The van der Waals surface area contributed by atoms with Gasteiger partial charge < -0.3 is 5.11 Å². The number of benzene rings is 1. The zero-order valence-corrected chi connectivity index (χ0v) is 10.8. The number of hydrogen-bond acceptors (Lipinski definition) is 5. The maximum absolute atomic E-state index is 11.9. The van der Waals surface area contributed by atoms with E-state index in [-0.39, 0.29) is 22.8 Å². The van der Waals surface area contributed by atoms with E-state index >= 15 is 0 Å². The van der Waals surface area contributed by atoms with Gasteiger partial charge in [-0.05, 0) is 25.5 Å². The molecule has 0 aliphatic rings. The van der Waals surface area contributed by atoms with Gasteiger partial charge in [-0.25, -0.2) is 13.1 Å². The van der Waals surface area contributed by atoms with Gasteiger partial charge in [-0.15, -0.1) is 0 Å². The lowest BCUT2D eigenvalue weighted by molar-refractivity contribution is -0.385. The van der Waals surface area contributed by atoms with Crippen LogP contribution in [-0.2, 0) is 10.0 Å². The van der Waals surface area contributed by atoms with Gasteiger partial charge in [-0.2, -0.15) is 0 Å². The van der Waals surface area contributed by atoms with Gasteiger partial charge in [0.25, 0.3) is 5.69 Å². The van der Waals surface area contributed by atoms with Crippen LogP contribution in [0.3, 0.4) is 0 Å². The number of aryl methyl sites for hydroxylation is 1. The molecule has 0 heterocycles. The molecule has 0 saturated heterocycles. The predicted molar refractivity (Wildman–Crippen MR) is 64.7 cm³/mol. The molecule has 2 N–H and O–H groups in total. The van der Waals surface area contributed by atoms with Crippen molar-refractivity contribution in [1.29, 1.82) is 0 Å². The van der Waals surface area contributed by atoms with Crippen LogP contribution in [0.15, 0.2) is 23.1 Å². The first-order valence-electron chi connectivity index (χ1n) is 5.16. The second-order valence-corrected chi connectivity index (χ2v) is 5.59. The molecule has 1 aromatic rings. The number of nitrogens with zero attached hydrogens (tertiary/aromatic N) is 1. The van der Waals surface area contributed by atoms with E-state index in [2.05, 4.69) is 4.72 Å². The normalized spacial score (nSPS) is 13.3. The van der Waals surface area contributed by atoms with E-state index < -0.39 is 21.0 Å². The highest BCUT2D eigenvalue weighted by Crippen LogP contribution is 2.21. The number of hydrogen-bond donors (Lipinski definition) is 2. The van der Waals surface area contributed by atoms with Crippen molar-refractivity contribution in [3.63, 3.8) is 0 Å². The van der Waals surface area contributed by atoms with Crippen molar-refractivity contribution in [2.45, 2.75) is 24.8 Å². The number of nitro groups is 1. The van der Waals surface area contributed by atoms with Crippen molar-refractivity contribution < 1.29 is 18.4 Å². The van der Waals surface area contributed by atoms with E-state index in [1.54, 1.807) is 0 Å². The Balaban J connectivity index is 3.14. The monoisotopic (exact) mass is 274 g/mol. The molecule has 0 fully saturated rings. The first kappa shape index (κ1) is 14.6. The fraction of sp³-hybridized carbons (Fsp3) is 0.400. The standard InChI is InChI=1S/C10H14N2O5S/c1-7-5-9(12(14)15)3-4-10(7)18(16,17)11-8(2)6-13/h3-5,8,11,13H,6H2,1-2H3/t8-/m1/s1. The zero-order chi connectivity index (χ0) is 13.9. The summed E-state index contributed by atoms with van der Waals surface area (Å²) in [5.74, 6) is 0.